The molecule has 24 heavy (non-hydrogen) atoms. The average Bonchev–Trinajstić information content (AvgIpc) is 2.60. The van der Waals surface area contributed by atoms with E-state index < -0.39 is 0 Å². The van der Waals surface area contributed by atoms with Gasteiger partial charge in [0.05, 0.1) is 0 Å². The lowest BCUT2D eigenvalue weighted by atomic mass is 9.95. The van der Waals surface area contributed by atoms with E-state index in [-0.39, 0.29) is 0 Å². The molecule has 2 aromatic rings. The molecule has 0 bridgehead atoms. The lowest BCUT2D eigenvalue weighted by Crippen LogP contribution is -2.23. The number of nitrogens with two attached hydrogens (primary N) is 1. The van der Waals surface area contributed by atoms with Gasteiger partial charge in [0.25, 0.3) is 0 Å². The molecule has 1 fully saturated rings. The molecule has 5 nitrogen and oxygen atoms in total. The predicted molar refractivity (Wildman–Crippen MR) is 101 cm³/mol. The summed E-state index contributed by atoms with van der Waals surface area (Å²) in [5.41, 5.74) is 9.15. The van der Waals surface area contributed by atoms with E-state index in [1.165, 1.54) is 37.7 Å². The standard InChI is InChI=1S/C19H27N5/c1-13(2)14-8-10-16(11-9-14)24-19-17(20)18(21-12-22-19)23-15-6-4-3-5-7-15/h8-13,15H,3-7,20H2,1-2H3,(H2,21,22,23,24). The summed E-state index contributed by atoms with van der Waals surface area (Å²) in [6.45, 7) is 4.38. The lowest BCUT2D eigenvalue weighted by Gasteiger charge is -2.24. The maximum Gasteiger partial charge on any atom is 0.159 e. The molecule has 1 heterocycles. The number of nitrogen functional groups attached to an aromatic ring is 1. The summed E-state index contributed by atoms with van der Waals surface area (Å²) < 4.78 is 0. The zero-order valence-corrected chi connectivity index (χ0v) is 14.5. The first kappa shape index (κ1) is 16.6. The lowest BCUT2D eigenvalue weighted by molar-refractivity contribution is 0.462. The Kier molecular flexibility index (Phi) is 5.18. The van der Waals surface area contributed by atoms with E-state index in [9.17, 15) is 0 Å². The number of benzene rings is 1. The Balaban J connectivity index is 1.72. The Morgan fingerprint density at radius 1 is 1.00 bits per heavy atom. The van der Waals surface area contributed by atoms with E-state index in [1.54, 1.807) is 6.33 Å². The minimum absolute atomic E-state index is 0.467. The van der Waals surface area contributed by atoms with Crippen molar-refractivity contribution in [2.45, 2.75) is 57.9 Å². The Morgan fingerprint density at radius 2 is 1.67 bits per heavy atom. The van der Waals surface area contributed by atoms with E-state index in [2.05, 4.69) is 58.7 Å². The van der Waals surface area contributed by atoms with Crippen LogP contribution in [-0.4, -0.2) is 16.0 Å². The summed E-state index contributed by atoms with van der Waals surface area (Å²) in [6.07, 6.45) is 7.81. The fraction of sp³-hybridized carbons (Fsp3) is 0.474. The van der Waals surface area contributed by atoms with Crippen molar-refractivity contribution in [1.29, 1.82) is 0 Å². The number of nitrogens with zero attached hydrogens (tertiary/aromatic N) is 2. The molecule has 0 unspecified atom stereocenters. The van der Waals surface area contributed by atoms with E-state index in [0.717, 1.165) is 11.5 Å². The molecule has 3 rings (SSSR count). The third kappa shape index (κ3) is 3.96. The minimum atomic E-state index is 0.467. The summed E-state index contributed by atoms with van der Waals surface area (Å²) in [5, 5.41) is 6.78. The number of aromatic nitrogens is 2. The van der Waals surface area contributed by atoms with Gasteiger partial charge in [-0.3, -0.25) is 0 Å². The SMILES string of the molecule is CC(C)c1ccc(Nc2ncnc(NC3CCCCC3)c2N)cc1. The van der Waals surface area contributed by atoms with Crippen molar-refractivity contribution in [2.24, 2.45) is 0 Å². The van der Waals surface area contributed by atoms with Crippen molar-refractivity contribution < 1.29 is 0 Å². The van der Waals surface area contributed by atoms with Crippen molar-refractivity contribution in [3.05, 3.63) is 36.2 Å². The quantitative estimate of drug-likeness (QED) is 0.744. The van der Waals surface area contributed by atoms with Crippen molar-refractivity contribution in [3.8, 4) is 0 Å². The van der Waals surface area contributed by atoms with Crippen LogP contribution in [0, 0.1) is 0 Å². The summed E-state index contributed by atoms with van der Waals surface area (Å²) in [5.74, 6) is 1.91. The van der Waals surface area contributed by atoms with Crippen LogP contribution in [0.3, 0.4) is 0 Å². The van der Waals surface area contributed by atoms with Crippen LogP contribution in [-0.2, 0) is 0 Å². The number of rotatable bonds is 5. The molecule has 0 radical (unpaired) electrons. The number of nitrogens with one attached hydrogen (secondary N) is 2. The van der Waals surface area contributed by atoms with Gasteiger partial charge in [-0.1, -0.05) is 45.2 Å². The summed E-state index contributed by atoms with van der Waals surface area (Å²) in [7, 11) is 0. The molecular formula is C19H27N5. The molecule has 1 aromatic heterocycles. The van der Waals surface area contributed by atoms with Crippen molar-refractivity contribution in [1.82, 2.24) is 9.97 Å². The molecule has 0 spiro atoms. The molecule has 1 aliphatic rings. The third-order valence-corrected chi connectivity index (χ3v) is 4.67. The van der Waals surface area contributed by atoms with Gasteiger partial charge in [-0.2, -0.15) is 0 Å². The smallest absolute Gasteiger partial charge is 0.159 e. The van der Waals surface area contributed by atoms with Crippen molar-refractivity contribution in [2.75, 3.05) is 16.4 Å². The van der Waals surface area contributed by atoms with E-state index in [0.29, 0.717) is 23.5 Å². The van der Waals surface area contributed by atoms with Crippen LogP contribution >= 0.6 is 0 Å². The number of anilines is 4. The first-order valence-electron chi connectivity index (χ1n) is 8.87. The molecule has 128 valence electrons. The zero-order valence-electron chi connectivity index (χ0n) is 14.5. The number of hydrogen-bond acceptors (Lipinski definition) is 5. The van der Waals surface area contributed by atoms with Crippen LogP contribution in [0.2, 0.25) is 0 Å². The van der Waals surface area contributed by atoms with Gasteiger partial charge < -0.3 is 16.4 Å². The molecule has 1 saturated carbocycles. The van der Waals surface area contributed by atoms with Gasteiger partial charge >= 0.3 is 0 Å². The van der Waals surface area contributed by atoms with Gasteiger partial charge in [0.1, 0.15) is 12.0 Å². The van der Waals surface area contributed by atoms with Gasteiger partial charge in [0, 0.05) is 11.7 Å². The average molecular weight is 325 g/mol. The van der Waals surface area contributed by atoms with Crippen LogP contribution in [0.1, 0.15) is 57.4 Å². The van der Waals surface area contributed by atoms with Crippen LogP contribution in [0.5, 0.6) is 0 Å². The molecule has 1 aliphatic carbocycles. The fourth-order valence-electron chi connectivity index (χ4n) is 3.14. The Hall–Kier alpha value is -2.30. The van der Waals surface area contributed by atoms with E-state index in [4.69, 9.17) is 5.73 Å². The second-order valence-corrected chi connectivity index (χ2v) is 6.87. The largest absolute Gasteiger partial charge is 0.393 e. The van der Waals surface area contributed by atoms with Crippen LogP contribution in [0.15, 0.2) is 30.6 Å². The molecule has 0 atom stereocenters. The van der Waals surface area contributed by atoms with Gasteiger partial charge in [0.15, 0.2) is 11.6 Å². The summed E-state index contributed by atoms with van der Waals surface area (Å²) >= 11 is 0. The van der Waals surface area contributed by atoms with Crippen molar-refractivity contribution >= 4 is 23.0 Å². The van der Waals surface area contributed by atoms with Gasteiger partial charge in [-0.15, -0.1) is 0 Å². The zero-order chi connectivity index (χ0) is 16.9. The molecule has 0 saturated heterocycles. The number of hydrogen-bond donors (Lipinski definition) is 3. The second kappa shape index (κ2) is 7.51. The minimum Gasteiger partial charge on any atom is -0.393 e. The molecule has 4 N–H and O–H groups in total. The highest BCUT2D eigenvalue weighted by atomic mass is 15.1. The predicted octanol–water partition coefficient (Wildman–Crippen LogP) is 4.67. The molecule has 1 aromatic carbocycles. The Bertz CT molecular complexity index is 660. The second-order valence-electron chi connectivity index (χ2n) is 6.87. The monoisotopic (exact) mass is 325 g/mol. The maximum atomic E-state index is 6.28. The first-order valence-corrected chi connectivity index (χ1v) is 8.87. The van der Waals surface area contributed by atoms with Crippen LogP contribution < -0.4 is 16.4 Å². The van der Waals surface area contributed by atoms with Gasteiger partial charge in [-0.05, 0) is 36.5 Å². The Labute approximate surface area is 144 Å². The Morgan fingerprint density at radius 3 is 2.33 bits per heavy atom. The highest BCUT2D eigenvalue weighted by molar-refractivity contribution is 5.77. The first-order chi connectivity index (χ1) is 11.6. The molecular weight excluding hydrogens is 298 g/mol. The van der Waals surface area contributed by atoms with Crippen molar-refractivity contribution in [3.63, 3.8) is 0 Å². The third-order valence-electron chi connectivity index (χ3n) is 4.67. The van der Waals surface area contributed by atoms with E-state index >= 15 is 0 Å². The molecule has 0 aliphatic heterocycles. The summed E-state index contributed by atoms with van der Waals surface area (Å²) in [6, 6.07) is 8.85. The highest BCUT2D eigenvalue weighted by Gasteiger charge is 2.16. The van der Waals surface area contributed by atoms with Crippen LogP contribution in [0.25, 0.3) is 0 Å². The normalized spacial score (nSPS) is 15.5. The van der Waals surface area contributed by atoms with Gasteiger partial charge in [0.2, 0.25) is 0 Å². The van der Waals surface area contributed by atoms with E-state index in [1.807, 2.05) is 0 Å². The topological polar surface area (TPSA) is 75.9 Å². The molecule has 5 heteroatoms. The fourth-order valence-corrected chi connectivity index (χ4v) is 3.14. The molecule has 0 amide bonds. The van der Waals surface area contributed by atoms with Crippen LogP contribution in [0.4, 0.5) is 23.0 Å². The summed E-state index contributed by atoms with van der Waals surface area (Å²) in [4.78, 5) is 8.62. The van der Waals surface area contributed by atoms with Gasteiger partial charge in [-0.25, -0.2) is 9.97 Å². The maximum absolute atomic E-state index is 6.28. The highest BCUT2D eigenvalue weighted by Crippen LogP contribution is 2.29.